The Balaban J connectivity index is 2.38. The Morgan fingerprint density at radius 3 is 2.44 bits per heavy atom. The van der Waals surface area contributed by atoms with Crippen molar-refractivity contribution in [1.82, 2.24) is 4.98 Å². The van der Waals surface area contributed by atoms with E-state index in [1.165, 1.54) is 0 Å². The van der Waals surface area contributed by atoms with Crippen molar-refractivity contribution >= 4 is 5.82 Å². The molecule has 0 spiro atoms. The van der Waals surface area contributed by atoms with Gasteiger partial charge in [-0.25, -0.2) is 4.98 Å². The number of hydrogen-bond donors (Lipinski definition) is 2. The van der Waals surface area contributed by atoms with Gasteiger partial charge in [-0.3, -0.25) is 0 Å². The minimum Gasteiger partial charge on any atom is -0.504 e. The normalized spacial score (nSPS) is 10.1. The van der Waals surface area contributed by atoms with E-state index in [4.69, 9.17) is 10.5 Å². The average Bonchev–Trinajstić information content (AvgIpc) is 2.33. The molecule has 0 aliphatic heterocycles. The van der Waals surface area contributed by atoms with Crippen LogP contribution in [0.1, 0.15) is 0 Å². The first kappa shape index (κ1) is 10.3. The highest BCUT2D eigenvalue weighted by molar-refractivity contribution is 5.67. The van der Waals surface area contributed by atoms with Gasteiger partial charge in [0.25, 0.3) is 0 Å². The van der Waals surface area contributed by atoms with Crippen molar-refractivity contribution in [2.45, 2.75) is 0 Å². The lowest BCUT2D eigenvalue weighted by Crippen LogP contribution is -1.90. The third-order valence-electron chi connectivity index (χ3n) is 2.32. The van der Waals surface area contributed by atoms with Crippen LogP contribution in [-0.4, -0.2) is 17.2 Å². The maximum Gasteiger partial charge on any atom is 0.165 e. The molecule has 0 fully saturated rings. The van der Waals surface area contributed by atoms with E-state index in [0.717, 1.165) is 16.9 Å². The summed E-state index contributed by atoms with van der Waals surface area (Å²) >= 11 is 0. The summed E-state index contributed by atoms with van der Waals surface area (Å²) in [6.07, 6.45) is 1.62. The molecule has 1 heterocycles. The summed E-state index contributed by atoms with van der Waals surface area (Å²) in [5.41, 5.74) is 7.19. The number of nitrogen functional groups attached to an aromatic ring is 1. The fourth-order valence-electron chi connectivity index (χ4n) is 1.41. The van der Waals surface area contributed by atoms with E-state index in [1.54, 1.807) is 19.4 Å². The number of hydrogen-bond acceptors (Lipinski definition) is 4. The van der Waals surface area contributed by atoms with Gasteiger partial charge in [-0.05, 0) is 23.8 Å². The zero-order valence-corrected chi connectivity index (χ0v) is 8.84. The molecule has 0 aliphatic rings. The SMILES string of the molecule is COc1ccc(-c2cnc(N)c(O)c2)cc1. The van der Waals surface area contributed by atoms with E-state index in [2.05, 4.69) is 4.98 Å². The van der Waals surface area contributed by atoms with Crippen LogP contribution in [0, 0.1) is 0 Å². The number of ether oxygens (including phenoxy) is 1. The maximum absolute atomic E-state index is 9.45. The smallest absolute Gasteiger partial charge is 0.165 e. The van der Waals surface area contributed by atoms with Crippen LogP contribution in [0.15, 0.2) is 36.5 Å². The molecule has 82 valence electrons. The monoisotopic (exact) mass is 216 g/mol. The highest BCUT2D eigenvalue weighted by Gasteiger charge is 2.03. The molecule has 2 rings (SSSR count). The van der Waals surface area contributed by atoms with Gasteiger partial charge in [0, 0.05) is 11.8 Å². The average molecular weight is 216 g/mol. The second kappa shape index (κ2) is 4.10. The summed E-state index contributed by atoms with van der Waals surface area (Å²) in [4.78, 5) is 3.89. The largest absolute Gasteiger partial charge is 0.504 e. The van der Waals surface area contributed by atoms with Gasteiger partial charge in [-0.2, -0.15) is 0 Å². The van der Waals surface area contributed by atoms with Crippen LogP contribution < -0.4 is 10.5 Å². The fraction of sp³-hybridized carbons (Fsp3) is 0.0833. The molecule has 3 N–H and O–H groups in total. The lowest BCUT2D eigenvalue weighted by atomic mass is 10.1. The molecule has 0 aliphatic carbocycles. The first-order valence-electron chi connectivity index (χ1n) is 4.79. The number of pyridine rings is 1. The first-order valence-corrected chi connectivity index (χ1v) is 4.79. The van der Waals surface area contributed by atoms with Crippen LogP contribution in [0.25, 0.3) is 11.1 Å². The van der Waals surface area contributed by atoms with Gasteiger partial charge in [0.1, 0.15) is 5.75 Å². The van der Waals surface area contributed by atoms with Crippen molar-refractivity contribution in [2.75, 3.05) is 12.8 Å². The Labute approximate surface area is 93.3 Å². The molecule has 0 bridgehead atoms. The van der Waals surface area contributed by atoms with Crippen molar-refractivity contribution in [2.24, 2.45) is 0 Å². The van der Waals surface area contributed by atoms with Crippen molar-refractivity contribution in [1.29, 1.82) is 0 Å². The van der Waals surface area contributed by atoms with E-state index < -0.39 is 0 Å². The molecule has 0 saturated heterocycles. The summed E-state index contributed by atoms with van der Waals surface area (Å²) < 4.78 is 5.06. The predicted molar refractivity (Wildman–Crippen MR) is 62.3 cm³/mol. The predicted octanol–water partition coefficient (Wildman–Crippen LogP) is 2.04. The van der Waals surface area contributed by atoms with Crippen molar-refractivity contribution in [3.63, 3.8) is 0 Å². The molecule has 1 aromatic carbocycles. The fourth-order valence-corrected chi connectivity index (χ4v) is 1.41. The molecule has 16 heavy (non-hydrogen) atoms. The van der Waals surface area contributed by atoms with Gasteiger partial charge in [0.2, 0.25) is 0 Å². The van der Waals surface area contributed by atoms with Crippen molar-refractivity contribution in [3.8, 4) is 22.6 Å². The highest BCUT2D eigenvalue weighted by Crippen LogP contribution is 2.26. The molecule has 0 saturated carbocycles. The zero-order chi connectivity index (χ0) is 11.5. The minimum absolute atomic E-state index is 0.00619. The zero-order valence-electron chi connectivity index (χ0n) is 8.84. The Kier molecular flexibility index (Phi) is 2.64. The van der Waals surface area contributed by atoms with Crippen LogP contribution in [0.5, 0.6) is 11.5 Å². The number of benzene rings is 1. The number of aromatic hydroxyl groups is 1. The van der Waals surface area contributed by atoms with E-state index in [-0.39, 0.29) is 11.6 Å². The van der Waals surface area contributed by atoms with E-state index in [0.29, 0.717) is 0 Å². The Hall–Kier alpha value is -2.23. The molecule has 0 unspecified atom stereocenters. The van der Waals surface area contributed by atoms with E-state index in [9.17, 15) is 5.11 Å². The Bertz CT molecular complexity index is 495. The van der Waals surface area contributed by atoms with Gasteiger partial charge in [-0.1, -0.05) is 12.1 Å². The van der Waals surface area contributed by atoms with Gasteiger partial charge in [0.05, 0.1) is 7.11 Å². The van der Waals surface area contributed by atoms with Crippen LogP contribution in [0.4, 0.5) is 5.82 Å². The van der Waals surface area contributed by atoms with E-state index >= 15 is 0 Å². The maximum atomic E-state index is 9.45. The standard InChI is InChI=1S/C12H12N2O2/c1-16-10-4-2-8(3-5-10)9-6-11(15)12(13)14-7-9/h2-7,15H,1H3,(H2,13,14). The number of aromatic nitrogens is 1. The molecule has 2 aromatic rings. The first-order chi connectivity index (χ1) is 7.70. The second-order valence-electron chi connectivity index (χ2n) is 3.36. The van der Waals surface area contributed by atoms with Gasteiger partial charge in [0.15, 0.2) is 11.6 Å². The topological polar surface area (TPSA) is 68.4 Å². The summed E-state index contributed by atoms with van der Waals surface area (Å²) in [5, 5.41) is 9.45. The number of anilines is 1. The van der Waals surface area contributed by atoms with Gasteiger partial charge < -0.3 is 15.6 Å². The Morgan fingerprint density at radius 2 is 1.88 bits per heavy atom. The molecule has 0 amide bonds. The van der Waals surface area contributed by atoms with Crippen LogP contribution in [-0.2, 0) is 0 Å². The molecule has 4 heteroatoms. The summed E-state index contributed by atoms with van der Waals surface area (Å²) in [7, 11) is 1.62. The molecule has 0 radical (unpaired) electrons. The molecule has 0 atom stereocenters. The van der Waals surface area contributed by atoms with Gasteiger partial charge in [-0.15, -0.1) is 0 Å². The number of nitrogens with zero attached hydrogens (tertiary/aromatic N) is 1. The number of rotatable bonds is 2. The molecular formula is C12H12N2O2. The number of nitrogens with two attached hydrogens (primary N) is 1. The van der Waals surface area contributed by atoms with Crippen LogP contribution in [0.2, 0.25) is 0 Å². The van der Waals surface area contributed by atoms with Crippen LogP contribution >= 0.6 is 0 Å². The quantitative estimate of drug-likeness (QED) is 0.806. The minimum atomic E-state index is -0.00619. The van der Waals surface area contributed by atoms with Crippen molar-refractivity contribution < 1.29 is 9.84 Å². The summed E-state index contributed by atoms with van der Waals surface area (Å²) in [6.45, 7) is 0. The Morgan fingerprint density at radius 1 is 1.19 bits per heavy atom. The van der Waals surface area contributed by atoms with Gasteiger partial charge >= 0.3 is 0 Å². The lowest BCUT2D eigenvalue weighted by Gasteiger charge is -2.05. The molecule has 4 nitrogen and oxygen atoms in total. The third kappa shape index (κ3) is 1.91. The third-order valence-corrected chi connectivity index (χ3v) is 2.32. The second-order valence-corrected chi connectivity index (χ2v) is 3.36. The highest BCUT2D eigenvalue weighted by atomic mass is 16.5. The summed E-state index contributed by atoms with van der Waals surface area (Å²) in [5.74, 6) is 0.918. The van der Waals surface area contributed by atoms with Crippen LogP contribution in [0.3, 0.4) is 0 Å². The van der Waals surface area contributed by atoms with E-state index in [1.807, 2.05) is 24.3 Å². The summed E-state index contributed by atoms with van der Waals surface area (Å²) in [6, 6.07) is 9.08. The lowest BCUT2D eigenvalue weighted by molar-refractivity contribution is 0.415. The van der Waals surface area contributed by atoms with Crippen molar-refractivity contribution in [3.05, 3.63) is 36.5 Å². The molecular weight excluding hydrogens is 204 g/mol. The molecule has 1 aromatic heterocycles. The number of methoxy groups -OCH3 is 1.